The highest BCUT2D eigenvalue weighted by Crippen LogP contribution is 2.46. The number of carbonyl (C=O) groups excluding carboxylic acids is 6. The van der Waals surface area contributed by atoms with Crippen LogP contribution in [0.1, 0.15) is 77.6 Å². The van der Waals surface area contributed by atoms with Crippen LogP contribution in [0.15, 0.2) is 78.9 Å². The van der Waals surface area contributed by atoms with Crippen molar-refractivity contribution in [3.63, 3.8) is 0 Å². The van der Waals surface area contributed by atoms with Gasteiger partial charge in [-0.2, -0.15) is 0 Å². The quantitative estimate of drug-likeness (QED) is 0.217. The molecule has 16 heteroatoms. The molecule has 0 bridgehead atoms. The maximum Gasteiger partial charge on any atom is 0.262 e. The fraction of sp³-hybridized carbons (Fsp3) is 0.417. The van der Waals surface area contributed by atoms with Gasteiger partial charge in [0.05, 0.1) is 27.9 Å². The lowest BCUT2D eigenvalue weighted by atomic mass is 9.69. The van der Waals surface area contributed by atoms with Gasteiger partial charge in [-0.1, -0.05) is 42.5 Å². The molecular weight excluding hydrogens is 815 g/mol. The summed E-state index contributed by atoms with van der Waals surface area (Å²) in [5.41, 5.74) is 9.70. The molecule has 5 fully saturated rings. The molecule has 10 rings (SSSR count). The number of nitrogens with zero attached hydrogens (tertiary/aromatic N) is 7. The number of phenols is 1. The van der Waals surface area contributed by atoms with Gasteiger partial charge < -0.3 is 30.4 Å². The second-order valence-electron chi connectivity index (χ2n) is 18.5. The monoisotopic (exact) mass is 865 g/mol. The Bertz CT molecular complexity index is 2560. The van der Waals surface area contributed by atoms with Gasteiger partial charge in [0.2, 0.25) is 23.6 Å². The molecule has 7 heterocycles. The first kappa shape index (κ1) is 41.2. The predicted octanol–water partition coefficient (Wildman–Crippen LogP) is 3.74. The summed E-state index contributed by atoms with van der Waals surface area (Å²) in [6.45, 7) is 5.13. The predicted molar refractivity (Wildman–Crippen MR) is 236 cm³/mol. The Morgan fingerprint density at radius 3 is 2.17 bits per heavy atom. The summed E-state index contributed by atoms with van der Waals surface area (Å²) in [7, 11) is 0. The zero-order valence-electron chi connectivity index (χ0n) is 35.6. The van der Waals surface area contributed by atoms with Crippen molar-refractivity contribution in [2.24, 2.45) is 11.3 Å². The molecule has 1 aromatic heterocycles. The fourth-order valence-corrected chi connectivity index (χ4v) is 11.0. The van der Waals surface area contributed by atoms with Crippen molar-refractivity contribution in [3.05, 3.63) is 95.6 Å². The van der Waals surface area contributed by atoms with E-state index in [4.69, 9.17) is 5.73 Å². The first-order valence-corrected chi connectivity index (χ1v) is 22.3. The summed E-state index contributed by atoms with van der Waals surface area (Å²) in [5, 5.41) is 21.2. The van der Waals surface area contributed by atoms with E-state index in [1.807, 2.05) is 46.2 Å². The highest BCUT2D eigenvalue weighted by atomic mass is 16.3. The van der Waals surface area contributed by atoms with Gasteiger partial charge in [0.25, 0.3) is 11.8 Å². The molecule has 1 atom stereocenters. The van der Waals surface area contributed by atoms with Gasteiger partial charge in [0.1, 0.15) is 11.8 Å². The molecule has 6 aliphatic rings. The van der Waals surface area contributed by atoms with Crippen LogP contribution in [0.25, 0.3) is 11.3 Å². The van der Waals surface area contributed by atoms with E-state index in [0.717, 1.165) is 41.1 Å². The number of aromatic hydroxyl groups is 1. The second kappa shape index (κ2) is 16.1. The van der Waals surface area contributed by atoms with E-state index in [1.165, 1.54) is 0 Å². The molecule has 0 aliphatic carbocycles. The summed E-state index contributed by atoms with van der Waals surface area (Å²) >= 11 is 0. The molecule has 6 aliphatic heterocycles. The van der Waals surface area contributed by atoms with Gasteiger partial charge in [-0.05, 0) is 86.4 Å². The van der Waals surface area contributed by atoms with Crippen LogP contribution in [0.4, 0.5) is 17.2 Å². The minimum absolute atomic E-state index is 0.0665. The highest BCUT2D eigenvalue weighted by molar-refractivity contribution is 6.23. The number of hydrogen-bond donors (Lipinski definition) is 3. The van der Waals surface area contributed by atoms with E-state index >= 15 is 0 Å². The van der Waals surface area contributed by atoms with E-state index in [0.29, 0.717) is 88.7 Å². The number of fused-ring (bicyclic) bond motifs is 1. The van der Waals surface area contributed by atoms with Crippen molar-refractivity contribution in [3.8, 4) is 17.0 Å². The number of phenolic OH excluding ortho intramolecular Hbond substituents is 1. The van der Waals surface area contributed by atoms with Crippen LogP contribution in [0.5, 0.6) is 5.75 Å². The van der Waals surface area contributed by atoms with Crippen LogP contribution in [-0.2, 0) is 24.6 Å². The topological polar surface area (TPSA) is 203 Å². The number of anilines is 3. The zero-order chi connectivity index (χ0) is 44.3. The van der Waals surface area contributed by atoms with Crippen molar-refractivity contribution in [1.82, 2.24) is 30.2 Å². The van der Waals surface area contributed by atoms with Crippen LogP contribution in [0.3, 0.4) is 0 Å². The van der Waals surface area contributed by atoms with Crippen molar-refractivity contribution >= 4 is 52.6 Å². The third-order valence-electron chi connectivity index (χ3n) is 14.7. The smallest absolute Gasteiger partial charge is 0.262 e. The number of nitrogens with two attached hydrogens (primary N) is 1. The maximum absolute atomic E-state index is 14.7. The lowest BCUT2D eigenvalue weighted by Crippen LogP contribution is -2.64. The van der Waals surface area contributed by atoms with E-state index in [-0.39, 0.29) is 52.9 Å². The largest absolute Gasteiger partial charge is 0.507 e. The first-order chi connectivity index (χ1) is 30.9. The van der Waals surface area contributed by atoms with Crippen LogP contribution < -0.4 is 20.9 Å². The summed E-state index contributed by atoms with van der Waals surface area (Å²) < 4.78 is 0. The third kappa shape index (κ3) is 7.18. The number of nitrogen functional groups attached to an aromatic ring is 1. The van der Waals surface area contributed by atoms with E-state index in [2.05, 4.69) is 37.4 Å². The lowest BCUT2D eigenvalue weighted by Gasteiger charge is -2.52. The zero-order valence-corrected chi connectivity index (χ0v) is 35.6. The van der Waals surface area contributed by atoms with Crippen LogP contribution in [0.2, 0.25) is 0 Å². The van der Waals surface area contributed by atoms with Crippen LogP contribution >= 0.6 is 0 Å². The molecule has 4 N–H and O–H groups in total. The molecule has 3 aromatic carbocycles. The SMILES string of the molecule is Nc1nnc(-c2ccccc2O)cc1N1CCC(C(=O)N2CC3(CCN(C(=O)CC4CCN(c5ccc6c(c5)C(=O)N(C5CCC(=O)NC5=O)C6=O)CC4)C3)C2)(c2ccccc2)CC1. The molecular formula is C48H51N9O7. The van der Waals surface area contributed by atoms with Crippen LogP contribution in [0, 0.1) is 11.3 Å². The Kier molecular flexibility index (Phi) is 10.3. The summed E-state index contributed by atoms with van der Waals surface area (Å²) in [6.07, 6.45) is 4.28. The normalized spacial score (nSPS) is 21.9. The summed E-state index contributed by atoms with van der Waals surface area (Å²) in [5.74, 6) is -1.20. The second-order valence-corrected chi connectivity index (χ2v) is 18.5. The van der Waals surface area contributed by atoms with Crippen molar-refractivity contribution < 1.29 is 33.9 Å². The fourth-order valence-electron chi connectivity index (χ4n) is 11.0. The Labute approximate surface area is 370 Å². The molecule has 16 nitrogen and oxygen atoms in total. The number of amides is 6. The van der Waals surface area contributed by atoms with E-state index < -0.39 is 35.1 Å². The average Bonchev–Trinajstić information content (AvgIpc) is 3.86. The van der Waals surface area contributed by atoms with Gasteiger partial charge in [0, 0.05) is 81.9 Å². The minimum Gasteiger partial charge on any atom is -0.507 e. The highest BCUT2D eigenvalue weighted by Gasteiger charge is 2.55. The van der Waals surface area contributed by atoms with E-state index in [1.54, 1.807) is 30.3 Å². The number of imide groups is 2. The Morgan fingerprint density at radius 2 is 1.44 bits per heavy atom. The summed E-state index contributed by atoms with van der Waals surface area (Å²) in [6, 6.07) is 23.1. The lowest BCUT2D eigenvalue weighted by molar-refractivity contribution is -0.150. The Morgan fingerprint density at radius 1 is 0.734 bits per heavy atom. The maximum atomic E-state index is 14.7. The van der Waals surface area contributed by atoms with Crippen LogP contribution in [-0.4, -0.2) is 124 Å². The molecule has 1 spiro atoms. The first-order valence-electron chi connectivity index (χ1n) is 22.3. The molecule has 0 radical (unpaired) electrons. The number of piperidine rings is 3. The van der Waals surface area contributed by atoms with Crippen molar-refractivity contribution in [1.29, 1.82) is 0 Å². The van der Waals surface area contributed by atoms with Gasteiger partial charge in [-0.25, -0.2) is 0 Å². The number of likely N-dealkylation sites (tertiary alicyclic amines) is 2. The van der Waals surface area contributed by atoms with Crippen molar-refractivity contribution in [2.75, 3.05) is 67.9 Å². The molecule has 64 heavy (non-hydrogen) atoms. The number of hydrogen-bond acceptors (Lipinski definition) is 12. The summed E-state index contributed by atoms with van der Waals surface area (Å²) in [4.78, 5) is 88.5. The molecule has 1 unspecified atom stereocenters. The third-order valence-corrected chi connectivity index (χ3v) is 14.7. The molecule has 6 amide bonds. The number of rotatable bonds is 8. The van der Waals surface area contributed by atoms with Crippen molar-refractivity contribution in [2.45, 2.75) is 62.8 Å². The molecule has 4 aromatic rings. The number of nitrogens with one attached hydrogen (secondary N) is 1. The molecule has 5 saturated heterocycles. The molecule has 0 saturated carbocycles. The minimum atomic E-state index is -1.01. The number of carbonyl (C=O) groups is 6. The molecule has 330 valence electrons. The Hall–Kier alpha value is -6.84. The number of benzene rings is 3. The number of aromatic nitrogens is 2. The Balaban J connectivity index is 0.734. The van der Waals surface area contributed by atoms with Gasteiger partial charge in [-0.3, -0.25) is 39.0 Å². The standard InChI is InChI=1S/C48H51N9O7/c49-42-38(26-36(51-52-42)34-8-4-5-9-39(34)58)54-22-17-48(18-23-54,31-6-2-1-3-7-31)46(64)56-28-47(29-56)16-21-55(27-47)41(60)24-30-14-19-53(20-15-30)32-10-11-33-35(25-32)45(63)57(44(33)62)37-12-13-40(59)50-43(37)61/h1-11,25-26,30,37,58H,12-24,27-29H2,(H2,49,52)(H,50,59,61). The number of para-hydroxylation sites is 1. The van der Waals surface area contributed by atoms with E-state index in [9.17, 15) is 33.9 Å². The van der Waals surface area contributed by atoms with Gasteiger partial charge >= 0.3 is 0 Å². The average molecular weight is 866 g/mol. The van der Waals surface area contributed by atoms with Gasteiger partial charge in [0.15, 0.2) is 5.82 Å². The van der Waals surface area contributed by atoms with Gasteiger partial charge in [-0.15, -0.1) is 10.2 Å².